The number of sulfonamides is 1. The molecular weight excluding hydrogens is 296 g/mol. The second-order valence-electron chi connectivity index (χ2n) is 4.18. The minimum Gasteiger partial charge on any atom is -0.464 e. The highest BCUT2D eigenvalue weighted by molar-refractivity contribution is 7.88. The fourth-order valence-electron chi connectivity index (χ4n) is 1.41. The predicted molar refractivity (Wildman–Crippen MR) is 81.1 cm³/mol. The van der Waals surface area contributed by atoms with Crippen molar-refractivity contribution in [1.29, 1.82) is 0 Å². The summed E-state index contributed by atoms with van der Waals surface area (Å²) in [5.41, 5.74) is 0. The lowest BCUT2D eigenvalue weighted by molar-refractivity contribution is 0.312. The van der Waals surface area contributed by atoms with Gasteiger partial charge in [-0.15, -0.1) is 0 Å². The highest BCUT2D eigenvalue weighted by Gasteiger charge is 2.06. The normalized spacial score (nSPS) is 11.2. The molecule has 0 aliphatic rings. The lowest BCUT2D eigenvalue weighted by Crippen LogP contribution is -2.24. The summed E-state index contributed by atoms with van der Waals surface area (Å²) >= 11 is 0. The maximum Gasteiger partial charge on any atom is 0.323 e. The van der Waals surface area contributed by atoms with Crippen LogP contribution in [0.5, 0.6) is 6.01 Å². The third-order valence-electron chi connectivity index (χ3n) is 2.22. The maximum absolute atomic E-state index is 10.9. The number of nitrogens with zero attached hydrogens (tertiary/aromatic N) is 3. The minimum absolute atomic E-state index is 0.250. The molecule has 1 aromatic rings. The lowest BCUT2D eigenvalue weighted by atomic mass is 10.4. The fourth-order valence-corrected chi connectivity index (χ4v) is 1.93. The van der Waals surface area contributed by atoms with Gasteiger partial charge in [0.2, 0.25) is 21.9 Å². The van der Waals surface area contributed by atoms with E-state index in [0.29, 0.717) is 44.6 Å². The Morgan fingerprint density at radius 2 is 1.71 bits per heavy atom. The van der Waals surface area contributed by atoms with Crippen LogP contribution in [0.3, 0.4) is 0 Å². The summed E-state index contributed by atoms with van der Waals surface area (Å²) in [4.78, 5) is 12.4. The van der Waals surface area contributed by atoms with Gasteiger partial charge in [0.25, 0.3) is 0 Å². The average molecular weight is 318 g/mol. The first-order valence-electron chi connectivity index (χ1n) is 6.76. The van der Waals surface area contributed by atoms with Crippen LogP contribution in [0, 0.1) is 0 Å². The number of aromatic nitrogens is 3. The second-order valence-corrected chi connectivity index (χ2v) is 6.01. The van der Waals surface area contributed by atoms with Gasteiger partial charge in [0, 0.05) is 19.6 Å². The first kappa shape index (κ1) is 17.4. The molecule has 10 heteroatoms. The first-order valence-corrected chi connectivity index (χ1v) is 8.65. The molecule has 0 radical (unpaired) electrons. The molecule has 0 aliphatic heterocycles. The molecule has 120 valence electrons. The van der Waals surface area contributed by atoms with E-state index in [9.17, 15) is 8.42 Å². The van der Waals surface area contributed by atoms with E-state index < -0.39 is 10.0 Å². The van der Waals surface area contributed by atoms with Gasteiger partial charge in [0.1, 0.15) is 0 Å². The SMILES string of the molecule is CCNc1nc(NCCCNS(C)(=O)=O)nc(OCC)n1. The van der Waals surface area contributed by atoms with Crippen molar-refractivity contribution >= 4 is 21.9 Å². The van der Waals surface area contributed by atoms with Crippen molar-refractivity contribution in [3.8, 4) is 6.01 Å². The Morgan fingerprint density at radius 3 is 2.29 bits per heavy atom. The molecule has 1 heterocycles. The van der Waals surface area contributed by atoms with E-state index in [0.717, 1.165) is 6.26 Å². The average Bonchev–Trinajstić information content (AvgIpc) is 2.37. The summed E-state index contributed by atoms with van der Waals surface area (Å²) < 4.78 is 29.5. The van der Waals surface area contributed by atoms with Gasteiger partial charge in [-0.25, -0.2) is 13.1 Å². The third-order valence-corrected chi connectivity index (χ3v) is 2.95. The monoisotopic (exact) mass is 318 g/mol. The molecule has 1 aromatic heterocycles. The van der Waals surface area contributed by atoms with E-state index in [1.807, 2.05) is 13.8 Å². The Balaban J connectivity index is 2.52. The van der Waals surface area contributed by atoms with Crippen LogP contribution in [0.25, 0.3) is 0 Å². The van der Waals surface area contributed by atoms with Gasteiger partial charge in [-0.05, 0) is 20.3 Å². The van der Waals surface area contributed by atoms with Gasteiger partial charge in [0.15, 0.2) is 0 Å². The van der Waals surface area contributed by atoms with Crippen LogP contribution in [-0.2, 0) is 10.0 Å². The zero-order valence-corrected chi connectivity index (χ0v) is 13.3. The number of hydrogen-bond acceptors (Lipinski definition) is 8. The molecule has 1 rings (SSSR count). The zero-order chi connectivity index (χ0) is 15.7. The Hall–Kier alpha value is -1.68. The van der Waals surface area contributed by atoms with E-state index in [-0.39, 0.29) is 6.01 Å². The van der Waals surface area contributed by atoms with Crippen LogP contribution in [0.1, 0.15) is 20.3 Å². The molecule has 0 aliphatic carbocycles. The van der Waals surface area contributed by atoms with Crippen molar-refractivity contribution < 1.29 is 13.2 Å². The van der Waals surface area contributed by atoms with Gasteiger partial charge in [-0.3, -0.25) is 0 Å². The van der Waals surface area contributed by atoms with Crippen LogP contribution in [-0.4, -0.2) is 55.9 Å². The van der Waals surface area contributed by atoms with Crippen LogP contribution >= 0.6 is 0 Å². The molecule has 0 saturated carbocycles. The van der Waals surface area contributed by atoms with Crippen molar-refractivity contribution in [2.45, 2.75) is 20.3 Å². The lowest BCUT2D eigenvalue weighted by Gasteiger charge is -2.09. The summed E-state index contributed by atoms with van der Waals surface area (Å²) in [6.07, 6.45) is 1.74. The Morgan fingerprint density at radius 1 is 1.05 bits per heavy atom. The van der Waals surface area contributed by atoms with Crippen molar-refractivity contribution in [3.05, 3.63) is 0 Å². The minimum atomic E-state index is -3.15. The summed E-state index contributed by atoms with van der Waals surface area (Å²) in [5.74, 6) is 0.830. The number of rotatable bonds is 10. The molecule has 0 aromatic carbocycles. The molecular formula is C11H22N6O3S. The molecule has 0 fully saturated rings. The van der Waals surface area contributed by atoms with Crippen LogP contribution < -0.4 is 20.1 Å². The molecule has 9 nitrogen and oxygen atoms in total. The van der Waals surface area contributed by atoms with Gasteiger partial charge in [-0.2, -0.15) is 15.0 Å². The largest absolute Gasteiger partial charge is 0.464 e. The van der Waals surface area contributed by atoms with Crippen molar-refractivity contribution in [2.24, 2.45) is 0 Å². The number of ether oxygens (including phenoxy) is 1. The molecule has 0 saturated heterocycles. The second kappa shape index (κ2) is 8.57. The molecule has 0 atom stereocenters. The Bertz CT molecular complexity index is 513. The van der Waals surface area contributed by atoms with E-state index in [4.69, 9.17) is 4.74 Å². The van der Waals surface area contributed by atoms with E-state index in [1.54, 1.807) is 0 Å². The first-order chi connectivity index (χ1) is 9.94. The highest BCUT2D eigenvalue weighted by atomic mass is 32.2. The molecule has 21 heavy (non-hydrogen) atoms. The van der Waals surface area contributed by atoms with Crippen molar-refractivity contribution in [2.75, 3.05) is 43.1 Å². The molecule has 0 spiro atoms. The summed E-state index contributed by atoms with van der Waals surface area (Å²) in [5, 5.41) is 6.01. The molecule has 0 unspecified atom stereocenters. The van der Waals surface area contributed by atoms with Crippen LogP contribution in [0.15, 0.2) is 0 Å². The van der Waals surface area contributed by atoms with Crippen molar-refractivity contribution in [3.63, 3.8) is 0 Å². The topological polar surface area (TPSA) is 118 Å². The number of nitrogens with one attached hydrogen (secondary N) is 3. The van der Waals surface area contributed by atoms with Crippen LogP contribution in [0.2, 0.25) is 0 Å². The molecule has 3 N–H and O–H groups in total. The molecule has 0 bridgehead atoms. The predicted octanol–water partition coefficient (Wildman–Crippen LogP) is 0.0533. The van der Waals surface area contributed by atoms with Gasteiger partial charge >= 0.3 is 6.01 Å². The standard InChI is InChI=1S/C11H22N6O3S/c1-4-12-9-15-10(17-11(16-9)20-5-2)13-7-6-8-14-21(3,18)19/h14H,4-8H2,1-3H3,(H2,12,13,15,16,17). The van der Waals surface area contributed by atoms with E-state index in [2.05, 4.69) is 30.3 Å². The fraction of sp³-hybridized carbons (Fsp3) is 0.727. The maximum atomic E-state index is 10.9. The van der Waals surface area contributed by atoms with E-state index in [1.165, 1.54) is 0 Å². The third kappa shape index (κ3) is 7.61. The molecule has 0 amide bonds. The van der Waals surface area contributed by atoms with Gasteiger partial charge in [0.05, 0.1) is 12.9 Å². The Kier molecular flexibility index (Phi) is 7.09. The number of hydrogen-bond donors (Lipinski definition) is 3. The Labute approximate surface area is 125 Å². The number of anilines is 2. The zero-order valence-electron chi connectivity index (χ0n) is 12.5. The van der Waals surface area contributed by atoms with E-state index >= 15 is 0 Å². The quantitative estimate of drug-likeness (QED) is 0.518. The summed E-state index contributed by atoms with van der Waals surface area (Å²) in [6, 6.07) is 0.250. The van der Waals surface area contributed by atoms with Crippen molar-refractivity contribution in [1.82, 2.24) is 19.7 Å². The smallest absolute Gasteiger partial charge is 0.323 e. The summed E-state index contributed by atoms with van der Waals surface area (Å²) in [7, 11) is -3.15. The van der Waals surface area contributed by atoms with Gasteiger partial charge in [-0.1, -0.05) is 0 Å². The van der Waals surface area contributed by atoms with Gasteiger partial charge < -0.3 is 15.4 Å². The van der Waals surface area contributed by atoms with Crippen LogP contribution in [0.4, 0.5) is 11.9 Å². The highest BCUT2D eigenvalue weighted by Crippen LogP contribution is 2.10. The summed E-state index contributed by atoms with van der Waals surface area (Å²) in [6.45, 7) is 5.83.